The van der Waals surface area contributed by atoms with Gasteiger partial charge in [-0.1, -0.05) is 18.2 Å². The third-order valence-corrected chi connectivity index (χ3v) is 4.38. The van der Waals surface area contributed by atoms with E-state index < -0.39 is 11.8 Å². The second-order valence-corrected chi connectivity index (χ2v) is 5.95. The van der Waals surface area contributed by atoms with Crippen molar-refractivity contribution in [3.8, 4) is 5.75 Å². The van der Waals surface area contributed by atoms with Crippen LogP contribution in [0.25, 0.3) is 0 Å². The number of piperidine rings is 1. The first-order valence-corrected chi connectivity index (χ1v) is 7.88. The van der Waals surface area contributed by atoms with Crippen LogP contribution in [-0.2, 0) is 16.1 Å². The van der Waals surface area contributed by atoms with Gasteiger partial charge in [0.1, 0.15) is 5.75 Å². The highest BCUT2D eigenvalue weighted by Gasteiger charge is 2.27. The highest BCUT2D eigenvalue weighted by molar-refractivity contribution is 6.34. The van der Waals surface area contributed by atoms with Crippen molar-refractivity contribution in [3.63, 3.8) is 0 Å². The average Bonchev–Trinajstić information content (AvgIpc) is 2.59. The average molecular weight is 319 g/mol. The number of nitrogens with one attached hydrogen (secondary N) is 1. The molecule has 6 heteroatoms. The summed E-state index contributed by atoms with van der Waals surface area (Å²) in [6.07, 6.45) is 1.80. The van der Waals surface area contributed by atoms with E-state index in [4.69, 9.17) is 4.74 Å². The number of carbonyl (C=O) groups is 2. The zero-order valence-corrected chi connectivity index (χ0v) is 14.0. The van der Waals surface area contributed by atoms with E-state index in [1.54, 1.807) is 19.1 Å². The predicted molar refractivity (Wildman–Crippen MR) is 88.1 cm³/mol. The van der Waals surface area contributed by atoms with Gasteiger partial charge in [0.2, 0.25) is 0 Å². The van der Waals surface area contributed by atoms with Gasteiger partial charge in [-0.15, -0.1) is 0 Å². The summed E-state index contributed by atoms with van der Waals surface area (Å²) >= 11 is 0. The molecule has 1 aliphatic heterocycles. The number of carbonyl (C=O) groups excluding carboxylic acids is 2. The Bertz CT molecular complexity index is 554. The first kappa shape index (κ1) is 17.3. The van der Waals surface area contributed by atoms with Crippen LogP contribution in [-0.4, -0.2) is 62.0 Å². The highest BCUT2D eigenvalue weighted by Crippen LogP contribution is 2.17. The van der Waals surface area contributed by atoms with Gasteiger partial charge in [0.05, 0.1) is 7.11 Å². The topological polar surface area (TPSA) is 61.9 Å². The van der Waals surface area contributed by atoms with E-state index in [0.29, 0.717) is 5.75 Å². The Labute approximate surface area is 137 Å². The second kappa shape index (κ2) is 7.97. The molecule has 2 rings (SSSR count). The summed E-state index contributed by atoms with van der Waals surface area (Å²) in [4.78, 5) is 28.2. The summed E-state index contributed by atoms with van der Waals surface area (Å²) in [5.41, 5.74) is 0.845. The molecule has 1 N–H and O–H groups in total. The fraction of sp³-hybridized carbons (Fsp3) is 0.529. The van der Waals surface area contributed by atoms with Crippen molar-refractivity contribution in [2.75, 3.05) is 34.3 Å². The lowest BCUT2D eigenvalue weighted by Gasteiger charge is -2.34. The molecular weight excluding hydrogens is 294 g/mol. The predicted octanol–water partition coefficient (Wildman–Crippen LogP) is 0.864. The van der Waals surface area contributed by atoms with Gasteiger partial charge >= 0.3 is 11.8 Å². The van der Waals surface area contributed by atoms with Gasteiger partial charge in [0.25, 0.3) is 0 Å². The zero-order valence-electron chi connectivity index (χ0n) is 14.0. The Morgan fingerprint density at radius 1 is 1.30 bits per heavy atom. The van der Waals surface area contributed by atoms with E-state index in [0.717, 1.165) is 31.5 Å². The largest absolute Gasteiger partial charge is 0.496 e. The van der Waals surface area contributed by atoms with Crippen LogP contribution in [0.1, 0.15) is 18.4 Å². The fourth-order valence-electron chi connectivity index (χ4n) is 2.81. The maximum Gasteiger partial charge on any atom is 0.311 e. The van der Waals surface area contributed by atoms with Crippen LogP contribution >= 0.6 is 0 Å². The smallest absolute Gasteiger partial charge is 0.311 e. The Balaban J connectivity index is 1.88. The molecule has 0 spiro atoms. The molecule has 1 saturated heterocycles. The van der Waals surface area contributed by atoms with Gasteiger partial charge in [-0.05, 0) is 39.0 Å². The van der Waals surface area contributed by atoms with Gasteiger partial charge in [-0.3, -0.25) is 9.59 Å². The highest BCUT2D eigenvalue weighted by atomic mass is 16.5. The molecule has 1 aromatic rings. The van der Waals surface area contributed by atoms with E-state index in [2.05, 4.69) is 17.3 Å². The van der Waals surface area contributed by atoms with Crippen molar-refractivity contribution in [2.24, 2.45) is 0 Å². The molecule has 0 radical (unpaired) electrons. The summed E-state index contributed by atoms with van der Waals surface area (Å²) in [7, 11) is 5.36. The molecule has 2 amide bonds. The lowest BCUT2D eigenvalue weighted by molar-refractivity contribution is -0.147. The molecule has 1 aliphatic rings. The van der Waals surface area contributed by atoms with E-state index >= 15 is 0 Å². The van der Waals surface area contributed by atoms with Gasteiger partial charge in [0, 0.05) is 25.2 Å². The second-order valence-electron chi connectivity index (χ2n) is 5.95. The number of likely N-dealkylation sites (tertiary alicyclic amines) is 1. The molecule has 0 bridgehead atoms. The van der Waals surface area contributed by atoms with Crippen molar-refractivity contribution in [3.05, 3.63) is 29.8 Å². The van der Waals surface area contributed by atoms with Crippen molar-refractivity contribution < 1.29 is 14.3 Å². The van der Waals surface area contributed by atoms with Crippen molar-refractivity contribution in [2.45, 2.75) is 25.4 Å². The molecule has 1 aromatic carbocycles. The lowest BCUT2D eigenvalue weighted by Crippen LogP contribution is -2.49. The monoisotopic (exact) mass is 319 g/mol. The molecular formula is C17H25N3O3. The summed E-state index contributed by atoms with van der Waals surface area (Å²) in [6.45, 7) is 2.17. The molecule has 6 nitrogen and oxygen atoms in total. The minimum Gasteiger partial charge on any atom is -0.496 e. The summed E-state index contributed by atoms with van der Waals surface area (Å²) in [5.74, 6) is -0.351. The minimum absolute atomic E-state index is 0.135. The number of amides is 2. The van der Waals surface area contributed by atoms with Gasteiger partial charge in [0.15, 0.2) is 0 Å². The van der Waals surface area contributed by atoms with E-state index in [1.165, 1.54) is 0 Å². The number of ether oxygens (including phenoxy) is 1. The molecule has 23 heavy (non-hydrogen) atoms. The van der Waals surface area contributed by atoms with E-state index in [9.17, 15) is 9.59 Å². The number of hydrogen-bond donors (Lipinski definition) is 1. The van der Waals surface area contributed by atoms with Crippen LogP contribution < -0.4 is 10.1 Å². The third kappa shape index (κ3) is 4.45. The standard InChI is InChI=1S/C17H25N3O3/c1-19-10-8-14(9-11-19)20(2)17(22)16(21)18-12-13-6-4-5-7-15(13)23-3/h4-7,14H,8-12H2,1-3H3,(H,18,21). The first-order chi connectivity index (χ1) is 11.0. The number of rotatable bonds is 4. The Morgan fingerprint density at radius 3 is 2.61 bits per heavy atom. The SMILES string of the molecule is COc1ccccc1CNC(=O)C(=O)N(C)C1CCN(C)CC1. The van der Waals surface area contributed by atoms with Crippen molar-refractivity contribution in [1.82, 2.24) is 15.1 Å². The third-order valence-electron chi connectivity index (χ3n) is 4.38. The molecule has 126 valence electrons. The van der Waals surface area contributed by atoms with Crippen LogP contribution in [0.15, 0.2) is 24.3 Å². The zero-order chi connectivity index (χ0) is 16.8. The number of benzene rings is 1. The molecule has 1 fully saturated rings. The maximum atomic E-state index is 12.3. The number of para-hydroxylation sites is 1. The van der Waals surface area contributed by atoms with Crippen LogP contribution in [0.3, 0.4) is 0 Å². The Hall–Kier alpha value is -2.08. The molecule has 0 atom stereocenters. The Morgan fingerprint density at radius 2 is 1.96 bits per heavy atom. The van der Waals surface area contributed by atoms with Crippen molar-refractivity contribution in [1.29, 1.82) is 0 Å². The quantitative estimate of drug-likeness (QED) is 0.837. The number of hydrogen-bond acceptors (Lipinski definition) is 4. The van der Waals surface area contributed by atoms with Crippen molar-refractivity contribution >= 4 is 11.8 Å². The molecule has 1 heterocycles. The van der Waals surface area contributed by atoms with Crippen LogP contribution in [0.4, 0.5) is 0 Å². The number of nitrogens with zero attached hydrogens (tertiary/aromatic N) is 2. The summed E-state index contributed by atoms with van der Waals surface area (Å²) in [5, 5.41) is 2.68. The first-order valence-electron chi connectivity index (χ1n) is 7.88. The molecule has 0 saturated carbocycles. The summed E-state index contributed by atoms with van der Waals surface area (Å²) in [6, 6.07) is 7.56. The van der Waals surface area contributed by atoms with Crippen LogP contribution in [0.5, 0.6) is 5.75 Å². The number of methoxy groups -OCH3 is 1. The van der Waals surface area contributed by atoms with Gasteiger partial charge in [-0.25, -0.2) is 0 Å². The lowest BCUT2D eigenvalue weighted by atomic mass is 10.0. The minimum atomic E-state index is -0.572. The van der Waals surface area contributed by atoms with E-state index in [-0.39, 0.29) is 12.6 Å². The molecule has 0 aliphatic carbocycles. The van der Waals surface area contributed by atoms with Gasteiger partial charge in [-0.2, -0.15) is 0 Å². The van der Waals surface area contributed by atoms with Gasteiger partial charge < -0.3 is 19.9 Å². The summed E-state index contributed by atoms with van der Waals surface area (Å²) < 4.78 is 5.24. The maximum absolute atomic E-state index is 12.3. The number of likely N-dealkylation sites (N-methyl/N-ethyl adjacent to an activating group) is 1. The van der Waals surface area contributed by atoms with Crippen LogP contribution in [0.2, 0.25) is 0 Å². The molecule has 0 unspecified atom stereocenters. The Kier molecular flexibility index (Phi) is 5.98. The van der Waals surface area contributed by atoms with Crippen LogP contribution in [0, 0.1) is 0 Å². The fourth-order valence-corrected chi connectivity index (χ4v) is 2.81. The normalized spacial score (nSPS) is 16.0. The van der Waals surface area contributed by atoms with E-state index in [1.807, 2.05) is 24.3 Å². The molecule has 0 aromatic heterocycles.